The van der Waals surface area contributed by atoms with Crippen molar-refractivity contribution >= 4 is 11.0 Å². The molecule has 3 N–H and O–H groups in total. The van der Waals surface area contributed by atoms with Gasteiger partial charge in [-0.1, -0.05) is 0 Å². The molecule has 0 saturated carbocycles. The zero-order chi connectivity index (χ0) is 20.0. The maximum atomic E-state index is 14.5. The Morgan fingerprint density at radius 1 is 1.21 bits per heavy atom. The topological polar surface area (TPSA) is 77.1 Å². The number of nitrogens with one attached hydrogen (secondary N) is 2. The van der Waals surface area contributed by atoms with E-state index in [0.29, 0.717) is 29.0 Å². The number of nitrogens with zero attached hydrogens (tertiary/aromatic N) is 3. The normalized spacial score (nSPS) is 21.9. The van der Waals surface area contributed by atoms with E-state index in [0.717, 1.165) is 35.8 Å². The quantitative estimate of drug-likeness (QED) is 0.645. The van der Waals surface area contributed by atoms with Gasteiger partial charge in [0.05, 0.1) is 5.69 Å². The molecule has 1 aliphatic rings. The van der Waals surface area contributed by atoms with Gasteiger partial charge < -0.3 is 10.4 Å². The Labute approximate surface area is 163 Å². The monoisotopic (exact) mass is 383 g/mol. The summed E-state index contributed by atoms with van der Waals surface area (Å²) in [6, 6.07) is 7.05. The summed E-state index contributed by atoms with van der Waals surface area (Å²) in [6.07, 6.45) is 0. The molecular formula is C21H26FN5O. The van der Waals surface area contributed by atoms with E-state index in [1.54, 1.807) is 6.07 Å². The second-order valence-corrected chi connectivity index (χ2v) is 7.91. The smallest absolute Gasteiger partial charge is 0.182 e. The molecule has 4 rings (SSSR count). The number of aromatic hydroxyl groups is 1. The fourth-order valence-corrected chi connectivity index (χ4v) is 4.27. The molecule has 2 aromatic heterocycles. The highest BCUT2D eigenvalue weighted by atomic mass is 19.1. The second-order valence-electron chi connectivity index (χ2n) is 7.91. The van der Waals surface area contributed by atoms with E-state index in [4.69, 9.17) is 0 Å². The molecule has 0 spiro atoms. The fraction of sp³-hybridized carbons (Fsp3) is 0.429. The van der Waals surface area contributed by atoms with Crippen molar-refractivity contribution in [2.45, 2.75) is 45.8 Å². The van der Waals surface area contributed by atoms with Crippen LogP contribution in [0.1, 0.15) is 38.1 Å². The van der Waals surface area contributed by atoms with Crippen LogP contribution in [0.5, 0.6) is 5.75 Å². The number of halogens is 1. The molecule has 7 heteroatoms. The fourth-order valence-electron chi connectivity index (χ4n) is 4.27. The number of fused-ring (bicyclic) bond motifs is 1. The van der Waals surface area contributed by atoms with Gasteiger partial charge in [-0.3, -0.25) is 10.00 Å². The maximum Gasteiger partial charge on any atom is 0.182 e. The molecule has 6 nitrogen and oxygen atoms in total. The molecule has 0 bridgehead atoms. The summed E-state index contributed by atoms with van der Waals surface area (Å²) in [6.45, 7) is 10.4. The van der Waals surface area contributed by atoms with Crippen LogP contribution in [-0.2, 0) is 0 Å². The van der Waals surface area contributed by atoms with Crippen LogP contribution >= 0.6 is 0 Å². The van der Waals surface area contributed by atoms with Gasteiger partial charge in [-0.2, -0.15) is 5.10 Å². The van der Waals surface area contributed by atoms with Gasteiger partial charge in [0.25, 0.3) is 0 Å². The van der Waals surface area contributed by atoms with Crippen molar-refractivity contribution in [2.75, 3.05) is 13.1 Å². The van der Waals surface area contributed by atoms with Gasteiger partial charge in [0.2, 0.25) is 0 Å². The van der Waals surface area contributed by atoms with Crippen molar-refractivity contribution in [3.8, 4) is 17.0 Å². The molecule has 0 radical (unpaired) electrons. The number of pyridine rings is 1. The summed E-state index contributed by atoms with van der Waals surface area (Å²) < 4.78 is 14.5. The summed E-state index contributed by atoms with van der Waals surface area (Å²) in [5.74, 6) is -0.600. The number of H-pyrrole nitrogens is 1. The van der Waals surface area contributed by atoms with Crippen molar-refractivity contribution < 1.29 is 9.50 Å². The number of aromatic amines is 1. The van der Waals surface area contributed by atoms with Crippen LogP contribution in [0.4, 0.5) is 4.39 Å². The van der Waals surface area contributed by atoms with Gasteiger partial charge in [0.15, 0.2) is 5.65 Å². The molecular weight excluding hydrogens is 357 g/mol. The van der Waals surface area contributed by atoms with Crippen LogP contribution in [-0.4, -0.2) is 50.4 Å². The molecule has 1 saturated heterocycles. The Morgan fingerprint density at radius 3 is 2.61 bits per heavy atom. The third kappa shape index (κ3) is 3.36. The number of hydrogen-bond acceptors (Lipinski definition) is 5. The lowest BCUT2D eigenvalue weighted by molar-refractivity contribution is 0.132. The minimum Gasteiger partial charge on any atom is -0.508 e. The minimum absolute atomic E-state index is 0.102. The molecule has 0 amide bonds. The van der Waals surface area contributed by atoms with Gasteiger partial charge >= 0.3 is 0 Å². The molecule has 3 aromatic rings. The number of phenolic OH excluding ortho intramolecular Hbond substituents is 1. The van der Waals surface area contributed by atoms with Crippen molar-refractivity contribution in [2.24, 2.45) is 0 Å². The van der Waals surface area contributed by atoms with Crippen LogP contribution in [0.2, 0.25) is 0 Å². The number of hydrogen-bond donors (Lipinski definition) is 3. The number of piperazine rings is 1. The lowest BCUT2D eigenvalue weighted by Gasteiger charge is -2.40. The second kappa shape index (κ2) is 7.14. The summed E-state index contributed by atoms with van der Waals surface area (Å²) in [5.41, 5.74) is 3.50. The first-order valence-electron chi connectivity index (χ1n) is 9.68. The van der Waals surface area contributed by atoms with Crippen LogP contribution < -0.4 is 5.32 Å². The summed E-state index contributed by atoms with van der Waals surface area (Å²) in [4.78, 5) is 7.03. The van der Waals surface area contributed by atoms with Crippen molar-refractivity contribution in [1.29, 1.82) is 0 Å². The highest BCUT2D eigenvalue weighted by Crippen LogP contribution is 2.34. The maximum absolute atomic E-state index is 14.5. The Kier molecular flexibility index (Phi) is 4.81. The highest BCUT2D eigenvalue weighted by molar-refractivity contribution is 5.85. The highest BCUT2D eigenvalue weighted by Gasteiger charge is 2.28. The van der Waals surface area contributed by atoms with Gasteiger partial charge in [0, 0.05) is 53.9 Å². The predicted molar refractivity (Wildman–Crippen MR) is 108 cm³/mol. The summed E-state index contributed by atoms with van der Waals surface area (Å²) in [5, 5.41) is 21.4. The molecule has 1 aromatic carbocycles. The number of benzene rings is 1. The van der Waals surface area contributed by atoms with E-state index in [1.165, 1.54) is 6.07 Å². The third-order valence-electron chi connectivity index (χ3n) is 5.55. The van der Waals surface area contributed by atoms with Gasteiger partial charge in [0.1, 0.15) is 11.6 Å². The Hall–Kier alpha value is -2.51. The Bertz CT molecular complexity index is 1010. The lowest BCUT2D eigenvalue weighted by atomic mass is 9.98. The minimum atomic E-state index is -0.498. The first kappa shape index (κ1) is 18.8. The number of rotatable bonds is 3. The zero-order valence-corrected chi connectivity index (χ0v) is 16.6. The van der Waals surface area contributed by atoms with Crippen LogP contribution in [0.3, 0.4) is 0 Å². The summed E-state index contributed by atoms with van der Waals surface area (Å²) >= 11 is 0. The largest absolute Gasteiger partial charge is 0.508 e. The predicted octanol–water partition coefficient (Wildman–Crippen LogP) is 3.52. The molecule has 3 unspecified atom stereocenters. The molecule has 28 heavy (non-hydrogen) atoms. The van der Waals surface area contributed by atoms with E-state index in [-0.39, 0.29) is 11.8 Å². The SMILES string of the molecule is Cc1[nH]nc2nc(-c3ccc(O)cc3F)cc(C(C)N3CC(C)NC(C)C3)c12. The third-order valence-corrected chi connectivity index (χ3v) is 5.55. The Balaban J connectivity index is 1.83. The zero-order valence-electron chi connectivity index (χ0n) is 16.6. The standard InChI is InChI=1S/C21H26FN5O/c1-11-9-27(10-12(2)23-11)14(4)17-8-19(16-6-5-15(28)7-18(16)22)24-21-20(17)13(3)25-26-21/h5-8,11-12,14,23,28H,9-10H2,1-4H3,(H,24,25,26). The van der Waals surface area contributed by atoms with E-state index < -0.39 is 5.82 Å². The molecule has 0 aliphatic carbocycles. The van der Waals surface area contributed by atoms with Crippen LogP contribution in [0.25, 0.3) is 22.3 Å². The number of aryl methyl sites for hydroxylation is 1. The lowest BCUT2D eigenvalue weighted by Crippen LogP contribution is -2.54. The van der Waals surface area contributed by atoms with Gasteiger partial charge in [-0.25, -0.2) is 9.37 Å². The first-order chi connectivity index (χ1) is 13.3. The number of aromatic nitrogens is 3. The van der Waals surface area contributed by atoms with Crippen molar-refractivity contribution in [1.82, 2.24) is 25.4 Å². The van der Waals surface area contributed by atoms with E-state index in [2.05, 4.69) is 46.2 Å². The van der Waals surface area contributed by atoms with Crippen molar-refractivity contribution in [3.05, 3.63) is 41.3 Å². The molecule has 3 heterocycles. The van der Waals surface area contributed by atoms with Gasteiger partial charge in [-0.05, 0) is 51.5 Å². The average molecular weight is 383 g/mol. The first-order valence-corrected chi connectivity index (χ1v) is 9.68. The molecule has 1 fully saturated rings. The average Bonchev–Trinajstić information content (AvgIpc) is 3.00. The van der Waals surface area contributed by atoms with E-state index >= 15 is 0 Å². The summed E-state index contributed by atoms with van der Waals surface area (Å²) in [7, 11) is 0. The molecule has 148 valence electrons. The van der Waals surface area contributed by atoms with E-state index in [9.17, 15) is 9.50 Å². The van der Waals surface area contributed by atoms with Crippen LogP contribution in [0, 0.1) is 12.7 Å². The number of phenols is 1. The van der Waals surface area contributed by atoms with Crippen LogP contribution in [0.15, 0.2) is 24.3 Å². The molecule has 1 aliphatic heterocycles. The molecule has 3 atom stereocenters. The van der Waals surface area contributed by atoms with Crippen molar-refractivity contribution in [3.63, 3.8) is 0 Å². The van der Waals surface area contributed by atoms with E-state index in [1.807, 2.05) is 13.0 Å². The Morgan fingerprint density at radius 2 is 1.93 bits per heavy atom. The van der Waals surface area contributed by atoms with Gasteiger partial charge in [-0.15, -0.1) is 0 Å².